The molecule has 0 fully saturated rings. The zero-order chi connectivity index (χ0) is 20.6. The third kappa shape index (κ3) is 5.40. The van der Waals surface area contributed by atoms with Crippen LogP contribution in [0, 0.1) is 0 Å². The van der Waals surface area contributed by atoms with Crippen molar-refractivity contribution in [2.75, 3.05) is 39.2 Å². The lowest BCUT2D eigenvalue weighted by atomic mass is 10.1. The van der Waals surface area contributed by atoms with Crippen LogP contribution in [0.15, 0.2) is 54.7 Å². The van der Waals surface area contributed by atoms with E-state index in [1.165, 1.54) is 0 Å². The Bertz CT molecular complexity index is 925. The van der Waals surface area contributed by atoms with Gasteiger partial charge in [0.15, 0.2) is 5.82 Å². The van der Waals surface area contributed by atoms with E-state index in [0.717, 1.165) is 16.9 Å². The summed E-state index contributed by atoms with van der Waals surface area (Å²) in [4.78, 5) is 18.5. The van der Waals surface area contributed by atoms with Crippen LogP contribution >= 0.6 is 0 Å². The standard InChI is InChI=1S/C21H25N5O3/c1-25(12-13-27)11-10-20(28)23-19-14-18(16-6-4-3-5-7-16)26(24-19)17-8-9-21(29-2)22-15-17/h3-9,14-15,27H,10-13H2,1-2H3,(H,23,24,28). The fourth-order valence-electron chi connectivity index (χ4n) is 2.85. The molecule has 8 heteroatoms. The molecule has 0 bridgehead atoms. The molecule has 152 valence electrons. The molecule has 3 aromatic rings. The number of carbonyl (C=O) groups is 1. The van der Waals surface area contributed by atoms with Gasteiger partial charge in [0.1, 0.15) is 0 Å². The number of pyridine rings is 1. The number of benzene rings is 1. The Kier molecular flexibility index (Phi) is 6.94. The highest BCUT2D eigenvalue weighted by Crippen LogP contribution is 2.26. The maximum atomic E-state index is 12.3. The average Bonchev–Trinajstić information content (AvgIpc) is 3.17. The van der Waals surface area contributed by atoms with Gasteiger partial charge in [-0.1, -0.05) is 30.3 Å². The van der Waals surface area contributed by atoms with Crippen molar-refractivity contribution in [1.29, 1.82) is 0 Å². The number of likely N-dealkylation sites (N-methyl/N-ethyl adjacent to an activating group) is 1. The summed E-state index contributed by atoms with van der Waals surface area (Å²) in [7, 11) is 3.43. The molecule has 2 N–H and O–H groups in total. The molecular weight excluding hydrogens is 370 g/mol. The summed E-state index contributed by atoms with van der Waals surface area (Å²) >= 11 is 0. The van der Waals surface area contributed by atoms with Gasteiger partial charge in [-0.3, -0.25) is 4.79 Å². The van der Waals surface area contributed by atoms with Gasteiger partial charge in [0, 0.05) is 37.2 Å². The van der Waals surface area contributed by atoms with Crippen LogP contribution in [0.3, 0.4) is 0 Å². The molecule has 8 nitrogen and oxygen atoms in total. The Hall–Kier alpha value is -3.23. The molecule has 0 spiro atoms. The summed E-state index contributed by atoms with van der Waals surface area (Å²) in [6, 6.07) is 15.3. The van der Waals surface area contributed by atoms with Crippen molar-refractivity contribution in [2.45, 2.75) is 6.42 Å². The second-order valence-corrected chi connectivity index (χ2v) is 6.58. The fraction of sp³-hybridized carbons (Fsp3) is 0.286. The van der Waals surface area contributed by atoms with Crippen molar-refractivity contribution in [3.63, 3.8) is 0 Å². The number of anilines is 1. The second-order valence-electron chi connectivity index (χ2n) is 6.58. The van der Waals surface area contributed by atoms with E-state index in [9.17, 15) is 4.79 Å². The summed E-state index contributed by atoms with van der Waals surface area (Å²) in [6.07, 6.45) is 1.99. The molecule has 0 aliphatic carbocycles. The van der Waals surface area contributed by atoms with E-state index in [2.05, 4.69) is 15.4 Å². The molecule has 0 aliphatic rings. The van der Waals surface area contributed by atoms with E-state index in [0.29, 0.717) is 31.2 Å². The number of aromatic nitrogens is 3. The third-order valence-electron chi connectivity index (χ3n) is 4.42. The number of nitrogens with zero attached hydrogens (tertiary/aromatic N) is 4. The first-order valence-corrected chi connectivity index (χ1v) is 9.36. The maximum absolute atomic E-state index is 12.3. The van der Waals surface area contributed by atoms with E-state index < -0.39 is 0 Å². The molecule has 2 heterocycles. The molecule has 2 aromatic heterocycles. The Morgan fingerprint density at radius 3 is 2.66 bits per heavy atom. The highest BCUT2D eigenvalue weighted by atomic mass is 16.5. The highest BCUT2D eigenvalue weighted by Gasteiger charge is 2.14. The predicted molar refractivity (Wildman–Crippen MR) is 111 cm³/mol. The van der Waals surface area contributed by atoms with E-state index in [1.807, 2.05) is 54.4 Å². The summed E-state index contributed by atoms with van der Waals surface area (Å²) in [5, 5.41) is 16.4. The first-order valence-electron chi connectivity index (χ1n) is 9.36. The smallest absolute Gasteiger partial charge is 0.226 e. The fourth-order valence-corrected chi connectivity index (χ4v) is 2.85. The molecule has 3 rings (SSSR count). The van der Waals surface area contributed by atoms with Gasteiger partial charge in [-0.15, -0.1) is 5.10 Å². The minimum Gasteiger partial charge on any atom is -0.481 e. The zero-order valence-corrected chi connectivity index (χ0v) is 16.6. The quantitative estimate of drug-likeness (QED) is 0.577. The molecule has 0 saturated carbocycles. The predicted octanol–water partition coefficient (Wildman–Crippen LogP) is 2.20. The van der Waals surface area contributed by atoms with Gasteiger partial charge in [-0.05, 0) is 13.1 Å². The lowest BCUT2D eigenvalue weighted by molar-refractivity contribution is -0.116. The van der Waals surface area contributed by atoms with Crippen LogP contribution in [-0.2, 0) is 4.79 Å². The van der Waals surface area contributed by atoms with E-state index in [-0.39, 0.29) is 12.5 Å². The Labute approximate surface area is 169 Å². The van der Waals surface area contributed by atoms with Crippen molar-refractivity contribution >= 4 is 11.7 Å². The number of carbonyl (C=O) groups excluding carboxylic acids is 1. The average molecular weight is 395 g/mol. The maximum Gasteiger partial charge on any atom is 0.226 e. The summed E-state index contributed by atoms with van der Waals surface area (Å²) in [5.41, 5.74) is 2.57. The number of ether oxygens (including phenoxy) is 1. The van der Waals surface area contributed by atoms with Gasteiger partial charge in [-0.25, -0.2) is 9.67 Å². The molecular formula is C21H25N5O3. The molecule has 0 unspecified atom stereocenters. The second kappa shape index (κ2) is 9.81. The summed E-state index contributed by atoms with van der Waals surface area (Å²) in [5.74, 6) is 0.851. The van der Waals surface area contributed by atoms with E-state index in [1.54, 1.807) is 24.1 Å². The Morgan fingerprint density at radius 1 is 1.21 bits per heavy atom. The summed E-state index contributed by atoms with van der Waals surface area (Å²) in [6.45, 7) is 1.16. The van der Waals surface area contributed by atoms with Gasteiger partial charge >= 0.3 is 0 Å². The third-order valence-corrected chi connectivity index (χ3v) is 4.42. The van der Waals surface area contributed by atoms with Crippen molar-refractivity contribution in [2.24, 2.45) is 0 Å². The van der Waals surface area contributed by atoms with Gasteiger partial charge in [0.25, 0.3) is 0 Å². The molecule has 0 radical (unpaired) electrons. The van der Waals surface area contributed by atoms with Crippen LogP contribution in [0.5, 0.6) is 5.88 Å². The van der Waals surface area contributed by atoms with Crippen LogP contribution in [0.1, 0.15) is 6.42 Å². The molecule has 0 saturated heterocycles. The molecule has 0 aliphatic heterocycles. The minimum absolute atomic E-state index is 0.0683. The lowest BCUT2D eigenvalue weighted by Gasteiger charge is -2.13. The molecule has 1 aromatic carbocycles. The number of hydrogen-bond donors (Lipinski definition) is 2. The van der Waals surface area contributed by atoms with E-state index in [4.69, 9.17) is 9.84 Å². The van der Waals surface area contributed by atoms with Crippen molar-refractivity contribution in [1.82, 2.24) is 19.7 Å². The molecule has 1 amide bonds. The number of rotatable bonds is 9. The molecule has 29 heavy (non-hydrogen) atoms. The number of methoxy groups -OCH3 is 1. The number of nitrogens with one attached hydrogen (secondary N) is 1. The number of hydrogen-bond acceptors (Lipinski definition) is 6. The highest BCUT2D eigenvalue weighted by molar-refractivity contribution is 5.90. The van der Waals surface area contributed by atoms with Crippen LogP contribution in [0.2, 0.25) is 0 Å². The van der Waals surface area contributed by atoms with Gasteiger partial charge < -0.3 is 20.1 Å². The van der Waals surface area contributed by atoms with Gasteiger partial charge in [-0.2, -0.15) is 0 Å². The van der Waals surface area contributed by atoms with Crippen molar-refractivity contribution in [3.05, 3.63) is 54.7 Å². The van der Waals surface area contributed by atoms with Crippen LogP contribution < -0.4 is 10.1 Å². The van der Waals surface area contributed by atoms with Crippen LogP contribution in [-0.4, -0.2) is 64.5 Å². The first kappa shape index (κ1) is 20.5. The van der Waals surface area contributed by atoms with Crippen LogP contribution in [0.25, 0.3) is 16.9 Å². The largest absolute Gasteiger partial charge is 0.481 e. The normalized spacial score (nSPS) is 10.9. The summed E-state index contributed by atoms with van der Waals surface area (Å²) < 4.78 is 6.87. The minimum atomic E-state index is -0.132. The SMILES string of the molecule is COc1ccc(-n2nc(NC(=O)CCN(C)CCO)cc2-c2ccccc2)cn1. The Morgan fingerprint density at radius 2 is 2.00 bits per heavy atom. The first-order chi connectivity index (χ1) is 14.1. The molecule has 0 atom stereocenters. The van der Waals surface area contributed by atoms with Crippen LogP contribution in [0.4, 0.5) is 5.82 Å². The number of aliphatic hydroxyl groups is 1. The number of amides is 1. The zero-order valence-electron chi connectivity index (χ0n) is 16.6. The van der Waals surface area contributed by atoms with Crippen molar-refractivity contribution < 1.29 is 14.6 Å². The monoisotopic (exact) mass is 395 g/mol. The van der Waals surface area contributed by atoms with Crippen molar-refractivity contribution in [3.8, 4) is 22.8 Å². The number of aliphatic hydroxyl groups excluding tert-OH is 1. The van der Waals surface area contributed by atoms with E-state index >= 15 is 0 Å². The lowest BCUT2D eigenvalue weighted by Crippen LogP contribution is -2.26. The van der Waals surface area contributed by atoms with Gasteiger partial charge in [0.2, 0.25) is 11.8 Å². The topological polar surface area (TPSA) is 92.5 Å². The Balaban J connectivity index is 1.83. The van der Waals surface area contributed by atoms with Gasteiger partial charge in [0.05, 0.1) is 31.3 Å².